The van der Waals surface area contributed by atoms with Crippen molar-refractivity contribution in [1.82, 2.24) is 9.97 Å². The molecule has 0 aliphatic heterocycles. The van der Waals surface area contributed by atoms with E-state index in [1.54, 1.807) is 30.5 Å². The molecule has 0 aliphatic rings. The fourth-order valence-electron chi connectivity index (χ4n) is 1.26. The summed E-state index contributed by atoms with van der Waals surface area (Å²) in [6.45, 7) is 0. The van der Waals surface area contributed by atoms with Crippen LogP contribution in [0.3, 0.4) is 0 Å². The van der Waals surface area contributed by atoms with Crippen LogP contribution in [0.1, 0.15) is 0 Å². The summed E-state index contributed by atoms with van der Waals surface area (Å²) >= 11 is 1.44. The molecule has 2 nitrogen and oxygen atoms in total. The Hall–Kier alpha value is -1.42. The van der Waals surface area contributed by atoms with Crippen LogP contribution in [0.15, 0.2) is 41.7 Å². The van der Waals surface area contributed by atoms with Crippen LogP contribution in [0, 0.1) is 5.82 Å². The second-order valence-corrected chi connectivity index (χ2v) is 3.68. The van der Waals surface area contributed by atoms with E-state index in [-0.39, 0.29) is 5.82 Å². The van der Waals surface area contributed by atoms with E-state index in [9.17, 15) is 4.39 Å². The molecule has 1 heterocycles. The topological polar surface area (TPSA) is 25.8 Å². The Balaban J connectivity index is 2.49. The lowest BCUT2D eigenvalue weighted by Gasteiger charge is -2.02. The second kappa shape index (κ2) is 4.40. The number of halogens is 1. The number of aromatic nitrogens is 2. The van der Waals surface area contributed by atoms with Gasteiger partial charge >= 0.3 is 0 Å². The molecular weight excluding hydrogens is 211 g/mol. The van der Waals surface area contributed by atoms with Gasteiger partial charge in [0.15, 0.2) is 5.16 Å². The molecule has 0 atom stereocenters. The highest BCUT2D eigenvalue weighted by molar-refractivity contribution is 7.98. The van der Waals surface area contributed by atoms with Gasteiger partial charge in [0.2, 0.25) is 0 Å². The zero-order valence-electron chi connectivity index (χ0n) is 8.14. The monoisotopic (exact) mass is 220 g/mol. The van der Waals surface area contributed by atoms with Crippen LogP contribution in [-0.2, 0) is 0 Å². The van der Waals surface area contributed by atoms with E-state index < -0.39 is 0 Å². The van der Waals surface area contributed by atoms with E-state index in [0.717, 1.165) is 0 Å². The average molecular weight is 220 g/mol. The minimum Gasteiger partial charge on any atom is -0.231 e. The molecule has 0 unspecified atom stereocenters. The van der Waals surface area contributed by atoms with E-state index in [0.29, 0.717) is 16.4 Å². The summed E-state index contributed by atoms with van der Waals surface area (Å²) < 4.78 is 13.4. The van der Waals surface area contributed by atoms with Crippen molar-refractivity contribution in [3.8, 4) is 11.3 Å². The maximum atomic E-state index is 13.4. The van der Waals surface area contributed by atoms with Crippen LogP contribution < -0.4 is 0 Å². The zero-order chi connectivity index (χ0) is 10.7. The lowest BCUT2D eigenvalue weighted by molar-refractivity contribution is 0.630. The molecule has 76 valence electrons. The van der Waals surface area contributed by atoms with Crippen LogP contribution in [0.5, 0.6) is 0 Å². The van der Waals surface area contributed by atoms with Gasteiger partial charge in [-0.3, -0.25) is 0 Å². The van der Waals surface area contributed by atoms with E-state index in [4.69, 9.17) is 0 Å². The van der Waals surface area contributed by atoms with Crippen molar-refractivity contribution >= 4 is 11.8 Å². The average Bonchev–Trinajstić information content (AvgIpc) is 2.30. The fourth-order valence-corrected chi connectivity index (χ4v) is 1.61. The van der Waals surface area contributed by atoms with Gasteiger partial charge in [-0.2, -0.15) is 0 Å². The van der Waals surface area contributed by atoms with Gasteiger partial charge in [-0.15, -0.1) is 0 Å². The molecule has 0 amide bonds. The van der Waals surface area contributed by atoms with Gasteiger partial charge in [-0.25, -0.2) is 14.4 Å². The molecule has 0 spiro atoms. The van der Waals surface area contributed by atoms with Crippen LogP contribution in [-0.4, -0.2) is 16.2 Å². The molecule has 0 radical (unpaired) electrons. The Labute approximate surface area is 91.6 Å². The second-order valence-electron chi connectivity index (χ2n) is 2.91. The van der Waals surface area contributed by atoms with Crippen LogP contribution in [0.25, 0.3) is 11.3 Å². The molecule has 2 rings (SSSR count). The highest BCUT2D eigenvalue weighted by Crippen LogP contribution is 2.21. The van der Waals surface area contributed by atoms with Crippen molar-refractivity contribution in [1.29, 1.82) is 0 Å². The van der Waals surface area contributed by atoms with Crippen LogP contribution in [0.4, 0.5) is 4.39 Å². The van der Waals surface area contributed by atoms with E-state index >= 15 is 0 Å². The van der Waals surface area contributed by atoms with Gasteiger partial charge < -0.3 is 0 Å². The first kappa shape index (κ1) is 10.1. The summed E-state index contributed by atoms with van der Waals surface area (Å²) in [5.41, 5.74) is 1.13. The Bertz CT molecular complexity index is 474. The van der Waals surface area contributed by atoms with Crippen molar-refractivity contribution < 1.29 is 4.39 Å². The number of hydrogen-bond acceptors (Lipinski definition) is 3. The third-order valence-corrected chi connectivity index (χ3v) is 2.53. The van der Waals surface area contributed by atoms with E-state index in [2.05, 4.69) is 9.97 Å². The summed E-state index contributed by atoms with van der Waals surface area (Å²) in [6, 6.07) is 8.30. The summed E-state index contributed by atoms with van der Waals surface area (Å²) in [4.78, 5) is 8.28. The smallest absolute Gasteiger partial charge is 0.187 e. The molecule has 15 heavy (non-hydrogen) atoms. The van der Waals surface area contributed by atoms with Gasteiger partial charge in [-0.05, 0) is 24.5 Å². The first-order chi connectivity index (χ1) is 7.31. The minimum absolute atomic E-state index is 0.261. The SMILES string of the molecule is CSc1nccc(-c2ccccc2F)n1. The lowest BCUT2D eigenvalue weighted by atomic mass is 10.1. The molecule has 0 fully saturated rings. The molecule has 0 bridgehead atoms. The van der Waals surface area contributed by atoms with Gasteiger partial charge in [0.05, 0.1) is 5.69 Å². The number of rotatable bonds is 2. The Morgan fingerprint density at radius 1 is 1.20 bits per heavy atom. The molecule has 2 aromatic rings. The number of hydrogen-bond donors (Lipinski definition) is 0. The highest BCUT2D eigenvalue weighted by atomic mass is 32.2. The van der Waals surface area contributed by atoms with Crippen LogP contribution in [0.2, 0.25) is 0 Å². The standard InChI is InChI=1S/C11H9FN2S/c1-15-11-13-7-6-10(14-11)8-4-2-3-5-9(8)12/h2-7H,1H3. The minimum atomic E-state index is -0.261. The van der Waals surface area contributed by atoms with Crippen molar-refractivity contribution in [3.63, 3.8) is 0 Å². The van der Waals surface area contributed by atoms with Crippen molar-refractivity contribution in [2.45, 2.75) is 5.16 Å². The maximum absolute atomic E-state index is 13.4. The zero-order valence-corrected chi connectivity index (χ0v) is 8.96. The largest absolute Gasteiger partial charge is 0.231 e. The van der Waals surface area contributed by atoms with E-state index in [1.165, 1.54) is 17.8 Å². The fraction of sp³-hybridized carbons (Fsp3) is 0.0909. The maximum Gasteiger partial charge on any atom is 0.187 e. The number of nitrogens with zero attached hydrogens (tertiary/aromatic N) is 2. The van der Waals surface area contributed by atoms with Crippen molar-refractivity contribution in [3.05, 3.63) is 42.3 Å². The number of thioether (sulfide) groups is 1. The Morgan fingerprint density at radius 3 is 2.73 bits per heavy atom. The molecule has 0 aliphatic carbocycles. The number of benzene rings is 1. The Morgan fingerprint density at radius 2 is 2.00 bits per heavy atom. The van der Waals surface area contributed by atoms with Gasteiger partial charge in [0.1, 0.15) is 5.82 Å². The first-order valence-corrected chi connectivity index (χ1v) is 5.65. The quantitative estimate of drug-likeness (QED) is 0.574. The van der Waals surface area contributed by atoms with Gasteiger partial charge in [0, 0.05) is 11.8 Å². The van der Waals surface area contributed by atoms with Gasteiger partial charge in [-0.1, -0.05) is 23.9 Å². The lowest BCUT2D eigenvalue weighted by Crippen LogP contribution is -1.91. The van der Waals surface area contributed by atoms with Gasteiger partial charge in [0.25, 0.3) is 0 Å². The summed E-state index contributed by atoms with van der Waals surface area (Å²) in [5, 5.41) is 0.649. The van der Waals surface area contributed by atoms with Crippen molar-refractivity contribution in [2.24, 2.45) is 0 Å². The summed E-state index contributed by atoms with van der Waals surface area (Å²) in [6.07, 6.45) is 3.53. The first-order valence-electron chi connectivity index (χ1n) is 4.43. The molecule has 1 aromatic carbocycles. The molecule has 0 saturated carbocycles. The molecule has 0 saturated heterocycles. The third-order valence-electron chi connectivity index (χ3n) is 1.97. The molecule has 4 heteroatoms. The molecular formula is C11H9FN2S. The normalized spacial score (nSPS) is 10.3. The summed E-state index contributed by atoms with van der Waals surface area (Å²) in [7, 11) is 0. The van der Waals surface area contributed by atoms with Crippen molar-refractivity contribution in [2.75, 3.05) is 6.26 Å². The summed E-state index contributed by atoms with van der Waals surface area (Å²) in [5.74, 6) is -0.261. The highest BCUT2D eigenvalue weighted by Gasteiger charge is 2.05. The Kier molecular flexibility index (Phi) is 2.97. The van der Waals surface area contributed by atoms with Crippen LogP contribution >= 0.6 is 11.8 Å². The predicted molar refractivity (Wildman–Crippen MR) is 59.2 cm³/mol. The molecule has 0 N–H and O–H groups in total. The third kappa shape index (κ3) is 2.15. The van der Waals surface area contributed by atoms with E-state index in [1.807, 2.05) is 6.26 Å². The molecule has 1 aromatic heterocycles. The predicted octanol–water partition coefficient (Wildman–Crippen LogP) is 3.00.